The fourth-order valence-corrected chi connectivity index (χ4v) is 3.11. The minimum Gasteiger partial charge on any atom is -0.469 e. The highest BCUT2D eigenvalue weighted by molar-refractivity contribution is 5.73. The van der Waals surface area contributed by atoms with E-state index in [0.717, 1.165) is 13.8 Å². The molecule has 1 heterocycles. The summed E-state index contributed by atoms with van der Waals surface area (Å²) in [5.74, 6) is -2.78. The predicted octanol–water partition coefficient (Wildman–Crippen LogP) is 0.00240. The van der Waals surface area contributed by atoms with Crippen molar-refractivity contribution in [2.45, 2.75) is 77.6 Å². The maximum Gasteiger partial charge on any atom is 0.305 e. The first-order valence-electron chi connectivity index (χ1n) is 10.1. The van der Waals surface area contributed by atoms with E-state index in [0.29, 0.717) is 12.8 Å². The van der Waals surface area contributed by atoms with Gasteiger partial charge in [-0.25, -0.2) is 0 Å². The highest BCUT2D eigenvalue weighted by Crippen LogP contribution is 2.28. The molecule has 0 aliphatic carbocycles. The van der Waals surface area contributed by atoms with Gasteiger partial charge in [0.25, 0.3) is 0 Å². The van der Waals surface area contributed by atoms with E-state index in [4.69, 9.17) is 23.7 Å². The molecule has 0 saturated carbocycles. The molecule has 0 radical (unpaired) electrons. The Balaban J connectivity index is 3.07. The molecule has 1 N–H and O–H groups in total. The Morgan fingerprint density at radius 1 is 0.875 bits per heavy atom. The average Bonchev–Trinajstić information content (AvgIpc) is 2.69. The summed E-state index contributed by atoms with van der Waals surface area (Å²) in [5.41, 5.74) is 0. The van der Waals surface area contributed by atoms with Gasteiger partial charge in [0.1, 0.15) is 18.8 Å². The molecule has 0 spiro atoms. The fourth-order valence-electron chi connectivity index (χ4n) is 3.11. The van der Waals surface area contributed by atoms with Gasteiger partial charge in [-0.1, -0.05) is 0 Å². The van der Waals surface area contributed by atoms with E-state index in [1.807, 2.05) is 0 Å². The average molecular weight is 461 g/mol. The van der Waals surface area contributed by atoms with E-state index in [9.17, 15) is 24.0 Å². The van der Waals surface area contributed by atoms with Gasteiger partial charge in [-0.05, 0) is 12.8 Å². The van der Waals surface area contributed by atoms with Crippen molar-refractivity contribution in [1.82, 2.24) is 5.32 Å². The fraction of sp³-hybridized carbons (Fsp3) is 0.750. The summed E-state index contributed by atoms with van der Waals surface area (Å²) in [5, 5.41) is 2.60. The van der Waals surface area contributed by atoms with Gasteiger partial charge in [-0.3, -0.25) is 24.0 Å². The van der Waals surface area contributed by atoms with Crippen molar-refractivity contribution in [2.24, 2.45) is 0 Å². The highest BCUT2D eigenvalue weighted by Gasteiger charge is 2.51. The Labute approximate surface area is 186 Å². The zero-order valence-electron chi connectivity index (χ0n) is 18.9. The molecule has 1 saturated heterocycles. The number of methoxy groups -OCH3 is 1. The number of rotatable bonds is 11. The van der Waals surface area contributed by atoms with Crippen LogP contribution in [0.4, 0.5) is 0 Å². The number of unbranched alkanes of at least 4 members (excludes halogenated alkanes) is 1. The van der Waals surface area contributed by atoms with E-state index in [1.165, 1.54) is 21.0 Å². The van der Waals surface area contributed by atoms with Crippen LogP contribution >= 0.6 is 0 Å². The van der Waals surface area contributed by atoms with Gasteiger partial charge in [0.15, 0.2) is 18.5 Å². The monoisotopic (exact) mass is 461 g/mol. The Morgan fingerprint density at radius 2 is 1.50 bits per heavy atom. The summed E-state index contributed by atoms with van der Waals surface area (Å²) in [4.78, 5) is 57.8. The van der Waals surface area contributed by atoms with Crippen molar-refractivity contribution >= 4 is 29.8 Å². The number of amides is 1. The van der Waals surface area contributed by atoms with Crippen LogP contribution in [0.25, 0.3) is 0 Å². The largest absolute Gasteiger partial charge is 0.469 e. The lowest BCUT2D eigenvalue weighted by Crippen LogP contribution is -2.66. The summed E-state index contributed by atoms with van der Waals surface area (Å²) < 4.78 is 31.9. The number of esters is 4. The lowest BCUT2D eigenvalue weighted by molar-refractivity contribution is -0.277. The van der Waals surface area contributed by atoms with Crippen molar-refractivity contribution in [1.29, 1.82) is 0 Å². The standard InChI is InChI=1S/C20H31NO11/c1-11(22)21-17-19(31-14(4)25)18(30-13(3)24)15(10-29-12(2)23)32-20(17)28-9-7-6-8-16(26)27-5/h15,17-20H,6-10H2,1-5H3,(H,21,22)/t15-,17-,18+,19-,20-/m1/s1. The van der Waals surface area contributed by atoms with Crippen LogP contribution in [-0.4, -0.2) is 80.8 Å². The second-order valence-electron chi connectivity index (χ2n) is 7.12. The number of carbonyl (C=O) groups is 5. The van der Waals surface area contributed by atoms with Crippen molar-refractivity contribution in [2.75, 3.05) is 20.3 Å². The minimum atomic E-state index is -1.17. The third kappa shape index (κ3) is 9.60. The molecule has 0 aromatic heterocycles. The van der Waals surface area contributed by atoms with E-state index >= 15 is 0 Å². The van der Waals surface area contributed by atoms with Gasteiger partial charge < -0.3 is 33.7 Å². The molecule has 12 nitrogen and oxygen atoms in total. The van der Waals surface area contributed by atoms with Crippen LogP contribution in [0.1, 0.15) is 47.0 Å². The maximum absolute atomic E-state index is 11.8. The van der Waals surface area contributed by atoms with E-state index in [1.54, 1.807) is 0 Å². The van der Waals surface area contributed by atoms with Gasteiger partial charge in [0.2, 0.25) is 5.91 Å². The molecule has 1 aliphatic rings. The second kappa shape index (κ2) is 13.6. The third-order valence-electron chi connectivity index (χ3n) is 4.36. The number of hydrogen-bond acceptors (Lipinski definition) is 11. The van der Waals surface area contributed by atoms with Crippen LogP contribution in [0.15, 0.2) is 0 Å². The van der Waals surface area contributed by atoms with Gasteiger partial charge in [-0.2, -0.15) is 0 Å². The summed E-state index contributed by atoms with van der Waals surface area (Å²) in [6.45, 7) is 4.61. The van der Waals surface area contributed by atoms with E-state index < -0.39 is 54.5 Å². The van der Waals surface area contributed by atoms with Crippen LogP contribution in [-0.2, 0) is 52.4 Å². The summed E-state index contributed by atoms with van der Waals surface area (Å²) in [6.07, 6.45) is -3.32. The molecular weight excluding hydrogens is 430 g/mol. The van der Waals surface area contributed by atoms with Crippen LogP contribution in [0.5, 0.6) is 0 Å². The molecule has 1 fully saturated rings. The molecule has 12 heteroatoms. The van der Waals surface area contributed by atoms with Gasteiger partial charge in [-0.15, -0.1) is 0 Å². The molecule has 32 heavy (non-hydrogen) atoms. The lowest BCUT2D eigenvalue weighted by Gasteiger charge is -2.44. The SMILES string of the molecule is COC(=O)CCCCO[C@@H]1O[C@H](COC(C)=O)[C@H](OC(C)=O)[C@H](OC(C)=O)[C@H]1NC(C)=O. The summed E-state index contributed by atoms with van der Waals surface area (Å²) >= 11 is 0. The Bertz CT molecular complexity index is 680. The van der Waals surface area contributed by atoms with Crippen LogP contribution in [0, 0.1) is 0 Å². The molecular formula is C20H31NO11. The summed E-state index contributed by atoms with van der Waals surface area (Å²) in [6, 6.07) is -1.02. The lowest BCUT2D eigenvalue weighted by atomic mass is 9.96. The zero-order valence-corrected chi connectivity index (χ0v) is 18.9. The molecule has 182 valence electrons. The maximum atomic E-state index is 11.8. The molecule has 0 unspecified atom stereocenters. The van der Waals surface area contributed by atoms with Crippen molar-refractivity contribution in [3.05, 3.63) is 0 Å². The molecule has 1 amide bonds. The van der Waals surface area contributed by atoms with Gasteiger partial charge >= 0.3 is 23.9 Å². The molecule has 0 bridgehead atoms. The number of nitrogens with one attached hydrogen (secondary N) is 1. The van der Waals surface area contributed by atoms with E-state index in [2.05, 4.69) is 10.1 Å². The molecule has 0 aromatic carbocycles. The Morgan fingerprint density at radius 3 is 2.03 bits per heavy atom. The topological polar surface area (TPSA) is 153 Å². The number of hydrogen-bond donors (Lipinski definition) is 1. The van der Waals surface area contributed by atoms with Crippen molar-refractivity contribution < 1.29 is 52.4 Å². The van der Waals surface area contributed by atoms with Crippen molar-refractivity contribution in [3.8, 4) is 0 Å². The minimum absolute atomic E-state index is 0.142. The second-order valence-corrected chi connectivity index (χ2v) is 7.12. The van der Waals surface area contributed by atoms with Crippen LogP contribution < -0.4 is 5.32 Å². The smallest absolute Gasteiger partial charge is 0.305 e. The predicted molar refractivity (Wildman–Crippen MR) is 106 cm³/mol. The Hall–Kier alpha value is -2.73. The normalized spacial score (nSPS) is 24.7. The molecule has 1 aliphatic heterocycles. The highest BCUT2D eigenvalue weighted by atomic mass is 16.7. The molecule has 0 aromatic rings. The molecule has 1 rings (SSSR count). The van der Waals surface area contributed by atoms with Gasteiger partial charge in [0, 0.05) is 40.7 Å². The van der Waals surface area contributed by atoms with Crippen molar-refractivity contribution in [3.63, 3.8) is 0 Å². The third-order valence-corrected chi connectivity index (χ3v) is 4.36. The first-order chi connectivity index (χ1) is 15.0. The van der Waals surface area contributed by atoms with Crippen LogP contribution in [0.3, 0.4) is 0 Å². The first-order valence-corrected chi connectivity index (χ1v) is 10.1. The number of ether oxygens (including phenoxy) is 6. The zero-order chi connectivity index (χ0) is 24.3. The Kier molecular flexibility index (Phi) is 11.6. The van der Waals surface area contributed by atoms with E-state index in [-0.39, 0.29) is 25.6 Å². The van der Waals surface area contributed by atoms with Crippen LogP contribution in [0.2, 0.25) is 0 Å². The summed E-state index contributed by atoms with van der Waals surface area (Å²) in [7, 11) is 1.30. The molecule has 5 atom stereocenters. The quantitative estimate of drug-likeness (QED) is 0.251. The van der Waals surface area contributed by atoms with Gasteiger partial charge in [0.05, 0.1) is 7.11 Å². The number of carbonyl (C=O) groups excluding carboxylic acids is 5. The first kappa shape index (κ1) is 27.3.